The molecule has 0 heterocycles. The van der Waals surface area contributed by atoms with Crippen molar-refractivity contribution in [2.75, 3.05) is 13.7 Å². The van der Waals surface area contributed by atoms with Gasteiger partial charge in [0, 0.05) is 6.54 Å². The highest BCUT2D eigenvalue weighted by molar-refractivity contribution is 5.73. The first-order valence-corrected chi connectivity index (χ1v) is 7.44. The molecule has 0 saturated carbocycles. The van der Waals surface area contributed by atoms with Crippen molar-refractivity contribution in [3.05, 3.63) is 65.7 Å². The number of urea groups is 1. The molecule has 2 rings (SSSR count). The van der Waals surface area contributed by atoms with Gasteiger partial charge in [0.25, 0.3) is 0 Å². The van der Waals surface area contributed by atoms with Crippen LogP contribution in [-0.4, -0.2) is 24.8 Å². The number of nitrogens with one attached hydrogen (secondary N) is 2. The van der Waals surface area contributed by atoms with E-state index in [4.69, 9.17) is 4.74 Å². The molecule has 0 aliphatic rings. The Morgan fingerprint density at radius 1 is 1.13 bits per heavy atom. The number of ether oxygens (including phenoxy) is 1. The molecule has 0 aliphatic carbocycles. The van der Waals surface area contributed by atoms with E-state index in [2.05, 4.69) is 10.6 Å². The van der Waals surface area contributed by atoms with Gasteiger partial charge in [-0.1, -0.05) is 42.5 Å². The molecule has 23 heavy (non-hydrogen) atoms. The Hall–Kier alpha value is -2.53. The zero-order valence-electron chi connectivity index (χ0n) is 13.4. The Morgan fingerprint density at radius 3 is 2.57 bits per heavy atom. The van der Waals surface area contributed by atoms with E-state index >= 15 is 0 Å². The predicted octanol–water partition coefficient (Wildman–Crippen LogP) is 2.40. The molecule has 1 unspecified atom stereocenters. The van der Waals surface area contributed by atoms with Crippen molar-refractivity contribution in [3.8, 4) is 5.75 Å². The minimum Gasteiger partial charge on any atom is -0.497 e. The van der Waals surface area contributed by atoms with Gasteiger partial charge < -0.3 is 20.5 Å². The quantitative estimate of drug-likeness (QED) is 0.767. The van der Waals surface area contributed by atoms with Crippen LogP contribution in [0.5, 0.6) is 5.75 Å². The second kappa shape index (κ2) is 7.65. The lowest BCUT2D eigenvalue weighted by molar-refractivity contribution is 0.0594. The van der Waals surface area contributed by atoms with E-state index in [1.54, 1.807) is 14.0 Å². The first-order chi connectivity index (χ1) is 11.0. The fourth-order valence-electron chi connectivity index (χ4n) is 2.18. The third-order valence-electron chi connectivity index (χ3n) is 3.58. The smallest absolute Gasteiger partial charge is 0.315 e. The molecular weight excluding hydrogens is 292 g/mol. The van der Waals surface area contributed by atoms with E-state index in [1.807, 2.05) is 54.6 Å². The maximum absolute atomic E-state index is 11.9. The molecule has 5 heteroatoms. The molecule has 0 saturated heterocycles. The summed E-state index contributed by atoms with van der Waals surface area (Å²) in [7, 11) is 1.60. The first-order valence-electron chi connectivity index (χ1n) is 7.44. The van der Waals surface area contributed by atoms with Crippen molar-refractivity contribution in [2.45, 2.75) is 19.1 Å². The van der Waals surface area contributed by atoms with E-state index in [0.717, 1.165) is 16.9 Å². The van der Waals surface area contributed by atoms with Gasteiger partial charge in [-0.2, -0.15) is 0 Å². The van der Waals surface area contributed by atoms with Gasteiger partial charge in [-0.15, -0.1) is 0 Å². The number of hydrogen-bond acceptors (Lipinski definition) is 3. The second-order valence-electron chi connectivity index (χ2n) is 5.53. The van der Waals surface area contributed by atoms with Crippen LogP contribution in [0.15, 0.2) is 54.6 Å². The van der Waals surface area contributed by atoms with Crippen LogP contribution in [0.3, 0.4) is 0 Å². The summed E-state index contributed by atoms with van der Waals surface area (Å²) in [5.41, 5.74) is 0.580. The number of carbonyl (C=O) groups excluding carboxylic acids is 1. The minimum absolute atomic E-state index is 0.126. The van der Waals surface area contributed by atoms with Crippen molar-refractivity contribution >= 4 is 6.03 Å². The number of methoxy groups -OCH3 is 1. The van der Waals surface area contributed by atoms with Crippen LogP contribution < -0.4 is 15.4 Å². The summed E-state index contributed by atoms with van der Waals surface area (Å²) in [4.78, 5) is 11.9. The number of rotatable bonds is 6. The standard InChI is InChI=1S/C18H22N2O3/c1-18(22,15-8-4-3-5-9-15)13-20-17(21)19-12-14-7-6-10-16(11-14)23-2/h3-11,22H,12-13H2,1-2H3,(H2,19,20,21). The molecular formula is C18H22N2O3. The number of benzene rings is 2. The summed E-state index contributed by atoms with van der Waals surface area (Å²) in [5, 5.41) is 15.9. The van der Waals surface area contributed by atoms with Crippen LogP contribution in [0.25, 0.3) is 0 Å². The van der Waals surface area contributed by atoms with E-state index in [1.165, 1.54) is 0 Å². The van der Waals surface area contributed by atoms with Crippen LogP contribution in [0.4, 0.5) is 4.79 Å². The summed E-state index contributed by atoms with van der Waals surface area (Å²) in [6.07, 6.45) is 0. The minimum atomic E-state index is -1.12. The lowest BCUT2D eigenvalue weighted by atomic mass is 9.96. The molecule has 122 valence electrons. The molecule has 0 spiro atoms. The lowest BCUT2D eigenvalue weighted by Gasteiger charge is -2.24. The zero-order chi connectivity index (χ0) is 16.7. The maximum Gasteiger partial charge on any atom is 0.315 e. The molecule has 2 amide bonds. The number of amides is 2. The van der Waals surface area contributed by atoms with Crippen LogP contribution in [-0.2, 0) is 12.1 Å². The Kier molecular flexibility index (Phi) is 5.60. The second-order valence-corrected chi connectivity index (χ2v) is 5.53. The molecule has 0 radical (unpaired) electrons. The molecule has 1 atom stereocenters. The Labute approximate surface area is 136 Å². The van der Waals surface area contributed by atoms with Gasteiger partial charge in [-0.05, 0) is 30.2 Å². The van der Waals surface area contributed by atoms with E-state index < -0.39 is 5.60 Å². The van der Waals surface area contributed by atoms with Crippen molar-refractivity contribution < 1.29 is 14.6 Å². The molecule has 0 bridgehead atoms. The highest BCUT2D eigenvalue weighted by atomic mass is 16.5. The maximum atomic E-state index is 11.9. The van der Waals surface area contributed by atoms with Gasteiger partial charge in [0.15, 0.2) is 0 Å². The average Bonchev–Trinajstić information content (AvgIpc) is 2.59. The van der Waals surface area contributed by atoms with Gasteiger partial charge in [0.1, 0.15) is 11.4 Å². The largest absolute Gasteiger partial charge is 0.497 e. The van der Waals surface area contributed by atoms with E-state index in [0.29, 0.717) is 6.54 Å². The van der Waals surface area contributed by atoms with Crippen LogP contribution in [0, 0.1) is 0 Å². The molecule has 0 fully saturated rings. The molecule has 2 aromatic carbocycles. The summed E-state index contributed by atoms with van der Waals surface area (Å²) in [6, 6.07) is 16.4. The van der Waals surface area contributed by atoms with Gasteiger partial charge in [-0.3, -0.25) is 0 Å². The average molecular weight is 314 g/mol. The zero-order valence-corrected chi connectivity index (χ0v) is 13.4. The van der Waals surface area contributed by atoms with Crippen molar-refractivity contribution in [1.29, 1.82) is 0 Å². The first kappa shape index (κ1) is 16.8. The van der Waals surface area contributed by atoms with Gasteiger partial charge in [-0.25, -0.2) is 4.79 Å². The number of hydrogen-bond donors (Lipinski definition) is 3. The van der Waals surface area contributed by atoms with Gasteiger partial charge in [0.2, 0.25) is 0 Å². The van der Waals surface area contributed by atoms with Crippen molar-refractivity contribution in [3.63, 3.8) is 0 Å². The molecule has 2 aromatic rings. The number of carbonyl (C=O) groups is 1. The predicted molar refractivity (Wildman–Crippen MR) is 89.2 cm³/mol. The summed E-state index contributed by atoms with van der Waals surface area (Å²) in [5.74, 6) is 0.747. The van der Waals surface area contributed by atoms with Crippen molar-refractivity contribution in [1.82, 2.24) is 10.6 Å². The molecule has 0 aliphatic heterocycles. The normalized spacial score (nSPS) is 13.0. The third-order valence-corrected chi connectivity index (χ3v) is 3.58. The van der Waals surface area contributed by atoms with Crippen molar-refractivity contribution in [2.24, 2.45) is 0 Å². The fraction of sp³-hybridized carbons (Fsp3) is 0.278. The Morgan fingerprint density at radius 2 is 1.87 bits per heavy atom. The van der Waals surface area contributed by atoms with Crippen LogP contribution in [0.1, 0.15) is 18.1 Å². The summed E-state index contributed by atoms with van der Waals surface area (Å²) >= 11 is 0. The van der Waals surface area contributed by atoms with E-state index in [9.17, 15) is 9.90 Å². The lowest BCUT2D eigenvalue weighted by Crippen LogP contribution is -2.43. The SMILES string of the molecule is COc1cccc(CNC(=O)NCC(C)(O)c2ccccc2)c1. The van der Waals surface area contributed by atoms with E-state index in [-0.39, 0.29) is 12.6 Å². The number of aliphatic hydroxyl groups is 1. The van der Waals surface area contributed by atoms with Crippen LogP contribution in [0.2, 0.25) is 0 Å². The van der Waals surface area contributed by atoms with Gasteiger partial charge in [0.05, 0.1) is 13.7 Å². The highest BCUT2D eigenvalue weighted by Gasteiger charge is 2.23. The van der Waals surface area contributed by atoms with Crippen LogP contribution >= 0.6 is 0 Å². The highest BCUT2D eigenvalue weighted by Crippen LogP contribution is 2.18. The third kappa shape index (κ3) is 5.00. The fourth-order valence-corrected chi connectivity index (χ4v) is 2.18. The summed E-state index contributed by atoms with van der Waals surface area (Å²) < 4.78 is 5.14. The summed E-state index contributed by atoms with van der Waals surface area (Å²) in [6.45, 7) is 2.18. The topological polar surface area (TPSA) is 70.6 Å². The monoisotopic (exact) mass is 314 g/mol. The molecule has 0 aromatic heterocycles. The molecule has 5 nitrogen and oxygen atoms in total. The molecule has 3 N–H and O–H groups in total. The van der Waals surface area contributed by atoms with Gasteiger partial charge >= 0.3 is 6.03 Å². The Bertz CT molecular complexity index is 642. The Balaban J connectivity index is 1.83.